The fraction of sp³-hybridized carbons (Fsp3) is 0.576. The van der Waals surface area contributed by atoms with E-state index in [4.69, 9.17) is 0 Å². The number of hydrogen-bond donors (Lipinski definition) is 1. The molecule has 1 N–H and O–H groups in total. The number of carboxylic acids is 1. The number of nitriles is 1. The van der Waals surface area contributed by atoms with E-state index in [1.807, 2.05) is 24.3 Å². The Hall–Kier alpha value is -2.75. The highest BCUT2D eigenvalue weighted by Crippen LogP contribution is 2.38. The van der Waals surface area contributed by atoms with Gasteiger partial charge in [0.2, 0.25) is 0 Å². The van der Waals surface area contributed by atoms with E-state index < -0.39 is 12.0 Å². The lowest BCUT2D eigenvalue weighted by molar-refractivity contribution is -0.144. The molecule has 5 nitrogen and oxygen atoms in total. The molecule has 5 rings (SSSR count). The number of carbonyl (C=O) groups is 1. The number of aliphatic carboxylic acids is 1. The average molecular weight is 532 g/mol. The van der Waals surface area contributed by atoms with Crippen molar-refractivity contribution in [2.24, 2.45) is 17.8 Å². The summed E-state index contributed by atoms with van der Waals surface area (Å²) < 4.78 is 14.2. The van der Waals surface area contributed by atoms with Gasteiger partial charge >= 0.3 is 5.97 Å². The third-order valence-electron chi connectivity index (χ3n) is 9.65. The maximum Gasteiger partial charge on any atom is 0.320 e. The Kier molecular flexibility index (Phi) is 9.32. The van der Waals surface area contributed by atoms with Gasteiger partial charge in [0.15, 0.2) is 0 Å². The van der Waals surface area contributed by atoms with Crippen molar-refractivity contribution in [1.29, 1.82) is 5.26 Å². The molecule has 2 aromatic rings. The Morgan fingerprint density at radius 2 is 1.85 bits per heavy atom. The summed E-state index contributed by atoms with van der Waals surface area (Å²) in [5.74, 6) is 0.778. The number of halogens is 1. The van der Waals surface area contributed by atoms with Crippen molar-refractivity contribution in [1.82, 2.24) is 9.80 Å². The number of benzene rings is 2. The molecule has 0 aromatic heterocycles. The molecule has 39 heavy (non-hydrogen) atoms. The van der Waals surface area contributed by atoms with Gasteiger partial charge in [0, 0.05) is 25.6 Å². The number of nitrogens with zero attached hydrogens (tertiary/aromatic N) is 3. The summed E-state index contributed by atoms with van der Waals surface area (Å²) in [7, 11) is 0. The van der Waals surface area contributed by atoms with Crippen LogP contribution in [-0.4, -0.2) is 59.6 Å². The lowest BCUT2D eigenvalue weighted by atomic mass is 9.80. The maximum atomic E-state index is 14.2. The first-order chi connectivity index (χ1) is 19.0. The van der Waals surface area contributed by atoms with Gasteiger partial charge in [-0.25, -0.2) is 4.39 Å². The summed E-state index contributed by atoms with van der Waals surface area (Å²) >= 11 is 0. The highest BCUT2D eigenvalue weighted by molar-refractivity contribution is 5.73. The van der Waals surface area contributed by atoms with Gasteiger partial charge in [0.05, 0.1) is 11.6 Å². The van der Waals surface area contributed by atoms with Crippen LogP contribution in [0.15, 0.2) is 48.5 Å². The van der Waals surface area contributed by atoms with E-state index in [0.29, 0.717) is 24.3 Å². The summed E-state index contributed by atoms with van der Waals surface area (Å²) in [6.45, 7) is 4.53. The molecule has 3 fully saturated rings. The second-order valence-corrected chi connectivity index (χ2v) is 12.2. The Labute approximate surface area is 232 Å². The van der Waals surface area contributed by atoms with Crippen molar-refractivity contribution in [3.8, 4) is 6.07 Å². The molecular formula is C33H42FN3O2. The maximum absolute atomic E-state index is 14.2. The first kappa shape index (κ1) is 27.8. The van der Waals surface area contributed by atoms with Gasteiger partial charge in [0.25, 0.3) is 0 Å². The van der Waals surface area contributed by atoms with E-state index in [9.17, 15) is 19.6 Å². The molecule has 3 atom stereocenters. The zero-order valence-corrected chi connectivity index (χ0v) is 23.0. The smallest absolute Gasteiger partial charge is 0.320 e. The van der Waals surface area contributed by atoms with Gasteiger partial charge in [-0.3, -0.25) is 9.69 Å². The minimum Gasteiger partial charge on any atom is -0.480 e. The van der Waals surface area contributed by atoms with Crippen LogP contribution in [0.4, 0.5) is 4.39 Å². The molecule has 2 saturated heterocycles. The van der Waals surface area contributed by atoms with Gasteiger partial charge in [0.1, 0.15) is 11.9 Å². The first-order valence-electron chi connectivity index (χ1n) is 14.9. The van der Waals surface area contributed by atoms with Crippen molar-refractivity contribution in [3.05, 3.63) is 71.0 Å². The summed E-state index contributed by atoms with van der Waals surface area (Å²) in [6, 6.07) is 16.7. The van der Waals surface area contributed by atoms with Crippen LogP contribution in [0.5, 0.6) is 0 Å². The Morgan fingerprint density at radius 1 is 1.05 bits per heavy atom. The molecule has 3 aliphatic rings. The first-order valence-corrected chi connectivity index (χ1v) is 14.9. The normalized spacial score (nSPS) is 23.8. The molecule has 1 saturated carbocycles. The molecule has 2 heterocycles. The summed E-state index contributed by atoms with van der Waals surface area (Å²) in [6.07, 6.45) is 9.88. The molecule has 0 bridgehead atoms. The minimum absolute atomic E-state index is 0.155. The summed E-state index contributed by atoms with van der Waals surface area (Å²) in [4.78, 5) is 17.0. The van der Waals surface area contributed by atoms with Crippen molar-refractivity contribution >= 4 is 5.97 Å². The summed E-state index contributed by atoms with van der Waals surface area (Å²) in [5.41, 5.74) is 2.95. The molecule has 2 aliphatic heterocycles. The Morgan fingerprint density at radius 3 is 2.54 bits per heavy atom. The molecule has 0 unspecified atom stereocenters. The summed E-state index contributed by atoms with van der Waals surface area (Å²) in [5, 5.41) is 19.4. The number of carboxylic acid groups (broad SMARTS) is 1. The molecule has 208 valence electrons. The fourth-order valence-electron chi connectivity index (χ4n) is 7.13. The van der Waals surface area contributed by atoms with Crippen LogP contribution >= 0.6 is 0 Å². The van der Waals surface area contributed by atoms with Crippen molar-refractivity contribution in [3.63, 3.8) is 0 Å². The number of piperidine rings is 1. The Bertz CT molecular complexity index is 1150. The zero-order chi connectivity index (χ0) is 27.2. The minimum atomic E-state index is -0.709. The highest BCUT2D eigenvalue weighted by Gasteiger charge is 2.41. The molecule has 2 aromatic carbocycles. The van der Waals surface area contributed by atoms with Gasteiger partial charge in [-0.15, -0.1) is 0 Å². The van der Waals surface area contributed by atoms with Crippen LogP contribution in [0.2, 0.25) is 0 Å². The van der Waals surface area contributed by atoms with Crippen LogP contribution in [0.1, 0.15) is 74.0 Å². The Balaban J connectivity index is 1.17. The van der Waals surface area contributed by atoms with Crippen molar-refractivity contribution in [2.75, 3.05) is 32.7 Å². The SMILES string of the molecule is N#Cc1ccccc1CCCC1CCN(C[C@H]2CN([C@H](CC3CCC3)C(=O)O)C[C@@H]2c2cccc(F)c2)CC1. The molecule has 0 amide bonds. The van der Waals surface area contributed by atoms with Gasteiger partial charge in [-0.05, 0) is 92.3 Å². The van der Waals surface area contributed by atoms with E-state index in [-0.39, 0.29) is 11.7 Å². The van der Waals surface area contributed by atoms with Gasteiger partial charge in [-0.1, -0.05) is 56.0 Å². The van der Waals surface area contributed by atoms with E-state index in [1.165, 1.54) is 31.7 Å². The number of likely N-dealkylation sites (tertiary alicyclic amines) is 2. The van der Waals surface area contributed by atoms with E-state index in [0.717, 1.165) is 75.0 Å². The molecule has 1 aliphatic carbocycles. The second-order valence-electron chi connectivity index (χ2n) is 12.2. The zero-order valence-electron chi connectivity index (χ0n) is 23.0. The standard InChI is InChI=1S/C33H42FN3O2/c34-30-13-5-12-27(19-30)31-23-37(32(33(38)39)18-25-7-3-8-25)22-29(31)21-36-16-14-24(15-17-36)6-4-11-26-9-1-2-10-28(26)20-35/h1-2,5,9-10,12-13,19,24-25,29,31-32H,3-4,6-8,11,14-18,21-23H2,(H,38,39)/t29-,31+,32+/m0/s1. The molecule has 0 spiro atoms. The van der Waals surface area contributed by atoms with Gasteiger partial charge in [-0.2, -0.15) is 5.26 Å². The van der Waals surface area contributed by atoms with Crippen LogP contribution in [0.3, 0.4) is 0 Å². The van der Waals surface area contributed by atoms with Crippen molar-refractivity contribution < 1.29 is 14.3 Å². The molecule has 6 heteroatoms. The third-order valence-corrected chi connectivity index (χ3v) is 9.65. The number of hydrogen-bond acceptors (Lipinski definition) is 4. The average Bonchev–Trinajstić information content (AvgIpc) is 3.32. The van der Waals surface area contributed by atoms with Crippen LogP contribution < -0.4 is 0 Å². The lowest BCUT2D eigenvalue weighted by Gasteiger charge is -2.35. The van der Waals surface area contributed by atoms with E-state index in [1.54, 1.807) is 12.1 Å². The van der Waals surface area contributed by atoms with Gasteiger partial charge < -0.3 is 10.0 Å². The highest BCUT2D eigenvalue weighted by atomic mass is 19.1. The van der Waals surface area contributed by atoms with Crippen LogP contribution in [0.25, 0.3) is 0 Å². The predicted molar refractivity (Wildman–Crippen MR) is 151 cm³/mol. The molecule has 0 radical (unpaired) electrons. The van der Waals surface area contributed by atoms with Crippen LogP contribution in [0, 0.1) is 34.9 Å². The monoisotopic (exact) mass is 531 g/mol. The topological polar surface area (TPSA) is 67.6 Å². The van der Waals surface area contributed by atoms with Crippen LogP contribution in [-0.2, 0) is 11.2 Å². The lowest BCUT2D eigenvalue weighted by Crippen LogP contribution is -2.43. The molecular weight excluding hydrogens is 489 g/mol. The number of rotatable bonds is 11. The predicted octanol–water partition coefficient (Wildman–Crippen LogP) is 6.09. The second kappa shape index (κ2) is 13.1. The van der Waals surface area contributed by atoms with E-state index in [2.05, 4.69) is 21.9 Å². The van der Waals surface area contributed by atoms with E-state index >= 15 is 0 Å². The third kappa shape index (κ3) is 7.07. The quantitative estimate of drug-likeness (QED) is 0.380. The van der Waals surface area contributed by atoms with Crippen molar-refractivity contribution in [2.45, 2.75) is 69.7 Å². The number of aryl methyl sites for hydroxylation is 1. The largest absolute Gasteiger partial charge is 0.480 e. The fourth-order valence-corrected chi connectivity index (χ4v) is 7.13.